The van der Waals surface area contributed by atoms with E-state index in [4.69, 9.17) is 15.2 Å². The highest BCUT2D eigenvalue weighted by Gasteiger charge is 2.23. The molecule has 0 unspecified atom stereocenters. The van der Waals surface area contributed by atoms with Gasteiger partial charge in [-0.05, 0) is 18.9 Å². The maximum absolute atomic E-state index is 12.0. The van der Waals surface area contributed by atoms with E-state index in [1.165, 1.54) is 7.11 Å². The smallest absolute Gasteiger partial charge is 0.348 e. The third kappa shape index (κ3) is 3.94. The molecular weight excluding hydrogens is 280 g/mol. The number of nitrogen functional groups attached to an aromatic ring is 1. The van der Waals surface area contributed by atoms with Crippen LogP contribution in [0.2, 0.25) is 0 Å². The molecule has 20 heavy (non-hydrogen) atoms. The lowest BCUT2D eigenvalue weighted by Crippen LogP contribution is -2.25. The summed E-state index contributed by atoms with van der Waals surface area (Å²) in [6.45, 7) is 4.73. The fraction of sp³-hybridized carbons (Fsp3) is 0.538. The van der Waals surface area contributed by atoms with Crippen LogP contribution in [0.5, 0.6) is 0 Å². The fourth-order valence-electron chi connectivity index (χ4n) is 1.62. The van der Waals surface area contributed by atoms with Crippen molar-refractivity contribution in [1.29, 1.82) is 0 Å². The van der Waals surface area contributed by atoms with E-state index in [2.05, 4.69) is 5.32 Å². The number of ether oxygens (including phenoxy) is 2. The molecule has 6 nitrogen and oxygen atoms in total. The maximum atomic E-state index is 12.0. The van der Waals surface area contributed by atoms with Gasteiger partial charge in [-0.2, -0.15) is 0 Å². The number of rotatable bonds is 7. The van der Waals surface area contributed by atoms with Crippen LogP contribution in [-0.2, 0) is 9.47 Å². The summed E-state index contributed by atoms with van der Waals surface area (Å²) >= 11 is 1.07. The molecule has 3 N–H and O–H groups in total. The minimum atomic E-state index is -0.481. The standard InChI is InChI=1S/C13H20N2O4S/c1-4-5-15-12(16)9-8(2)10(20-11(9)14)13(17)19-7-6-18-3/h4-7,14H2,1-3H3,(H,15,16). The molecule has 0 atom stereocenters. The normalized spacial score (nSPS) is 10.3. The zero-order valence-electron chi connectivity index (χ0n) is 11.9. The van der Waals surface area contributed by atoms with E-state index < -0.39 is 5.97 Å². The Morgan fingerprint density at radius 1 is 1.35 bits per heavy atom. The van der Waals surface area contributed by atoms with Crippen molar-refractivity contribution in [2.45, 2.75) is 20.3 Å². The highest BCUT2D eigenvalue weighted by molar-refractivity contribution is 7.18. The number of carbonyl (C=O) groups is 2. The zero-order chi connectivity index (χ0) is 15.1. The lowest BCUT2D eigenvalue weighted by molar-refractivity contribution is 0.0393. The van der Waals surface area contributed by atoms with E-state index >= 15 is 0 Å². The van der Waals surface area contributed by atoms with Gasteiger partial charge in [-0.1, -0.05) is 6.92 Å². The third-order valence-electron chi connectivity index (χ3n) is 2.64. The van der Waals surface area contributed by atoms with E-state index in [0.717, 1.165) is 17.8 Å². The number of esters is 1. The average Bonchev–Trinajstić information content (AvgIpc) is 2.71. The van der Waals surface area contributed by atoms with Crippen molar-refractivity contribution in [3.05, 3.63) is 16.0 Å². The summed E-state index contributed by atoms with van der Waals surface area (Å²) in [5.41, 5.74) is 6.75. The van der Waals surface area contributed by atoms with Gasteiger partial charge < -0.3 is 20.5 Å². The van der Waals surface area contributed by atoms with Crippen LogP contribution >= 0.6 is 11.3 Å². The van der Waals surface area contributed by atoms with Crippen molar-refractivity contribution in [2.24, 2.45) is 0 Å². The summed E-state index contributed by atoms with van der Waals surface area (Å²) < 4.78 is 9.84. The number of methoxy groups -OCH3 is 1. The first-order valence-electron chi connectivity index (χ1n) is 6.36. The van der Waals surface area contributed by atoms with Crippen LogP contribution in [0, 0.1) is 6.92 Å². The zero-order valence-corrected chi connectivity index (χ0v) is 12.8. The first-order valence-corrected chi connectivity index (χ1v) is 7.17. The third-order valence-corrected chi connectivity index (χ3v) is 3.74. The van der Waals surface area contributed by atoms with Gasteiger partial charge in [0.1, 0.15) is 11.5 Å². The molecule has 0 spiro atoms. The predicted molar refractivity (Wildman–Crippen MR) is 78.3 cm³/mol. The maximum Gasteiger partial charge on any atom is 0.348 e. The minimum Gasteiger partial charge on any atom is -0.459 e. The molecule has 0 saturated heterocycles. The molecule has 1 amide bonds. The minimum absolute atomic E-state index is 0.171. The van der Waals surface area contributed by atoms with Crippen LogP contribution in [0.4, 0.5) is 5.00 Å². The number of anilines is 1. The van der Waals surface area contributed by atoms with Crippen LogP contribution in [0.1, 0.15) is 38.9 Å². The van der Waals surface area contributed by atoms with Crippen LogP contribution in [0.15, 0.2) is 0 Å². The topological polar surface area (TPSA) is 90.7 Å². The van der Waals surface area contributed by atoms with Gasteiger partial charge in [0.2, 0.25) is 0 Å². The lowest BCUT2D eigenvalue weighted by atomic mass is 10.1. The number of hydrogen-bond donors (Lipinski definition) is 2. The molecule has 1 heterocycles. The van der Waals surface area contributed by atoms with Crippen LogP contribution in [0.25, 0.3) is 0 Å². The molecule has 0 aliphatic rings. The van der Waals surface area contributed by atoms with E-state index in [1.54, 1.807) is 6.92 Å². The molecule has 0 aromatic carbocycles. The van der Waals surface area contributed by atoms with Crippen molar-refractivity contribution in [3.8, 4) is 0 Å². The number of thiophene rings is 1. The molecule has 0 saturated carbocycles. The molecule has 0 radical (unpaired) electrons. The summed E-state index contributed by atoms with van der Waals surface area (Å²) in [7, 11) is 1.53. The van der Waals surface area contributed by atoms with Crippen molar-refractivity contribution in [2.75, 3.05) is 32.6 Å². The Balaban J connectivity index is 2.85. The molecule has 0 bridgehead atoms. The molecule has 1 aromatic rings. The first kappa shape index (κ1) is 16.5. The quantitative estimate of drug-likeness (QED) is 0.589. The largest absolute Gasteiger partial charge is 0.459 e. The van der Waals surface area contributed by atoms with Crippen molar-refractivity contribution in [3.63, 3.8) is 0 Å². The van der Waals surface area contributed by atoms with Gasteiger partial charge in [-0.15, -0.1) is 11.3 Å². The molecule has 0 aliphatic carbocycles. The highest BCUT2D eigenvalue weighted by Crippen LogP contribution is 2.31. The number of amides is 1. The summed E-state index contributed by atoms with van der Waals surface area (Å²) in [5.74, 6) is -0.736. The van der Waals surface area contributed by atoms with Gasteiger partial charge in [0.05, 0.1) is 17.2 Å². The van der Waals surface area contributed by atoms with Crippen LogP contribution < -0.4 is 11.1 Å². The van der Waals surface area contributed by atoms with Gasteiger partial charge in [-0.3, -0.25) is 4.79 Å². The lowest BCUT2D eigenvalue weighted by Gasteiger charge is -2.05. The SMILES string of the molecule is CCCNC(=O)c1c(N)sc(C(=O)OCCOC)c1C. The fourth-order valence-corrected chi connectivity index (χ4v) is 2.59. The van der Waals surface area contributed by atoms with E-state index in [1.807, 2.05) is 6.92 Å². The van der Waals surface area contributed by atoms with Gasteiger partial charge in [-0.25, -0.2) is 4.79 Å². The summed E-state index contributed by atoms with van der Waals surface area (Å²) in [6, 6.07) is 0. The molecule has 0 fully saturated rings. The summed E-state index contributed by atoms with van der Waals surface area (Å²) in [5, 5.41) is 3.08. The molecule has 7 heteroatoms. The molecular formula is C13H20N2O4S. The summed E-state index contributed by atoms with van der Waals surface area (Å²) in [6.07, 6.45) is 0.834. The highest BCUT2D eigenvalue weighted by atomic mass is 32.1. The van der Waals surface area contributed by atoms with Crippen molar-refractivity contribution >= 4 is 28.2 Å². The Hall–Kier alpha value is -1.60. The second-order valence-electron chi connectivity index (χ2n) is 4.18. The van der Waals surface area contributed by atoms with E-state index in [0.29, 0.717) is 34.2 Å². The number of hydrogen-bond acceptors (Lipinski definition) is 6. The van der Waals surface area contributed by atoms with Crippen molar-refractivity contribution in [1.82, 2.24) is 5.32 Å². The number of nitrogens with two attached hydrogens (primary N) is 1. The van der Waals surface area contributed by atoms with Gasteiger partial charge in [0.15, 0.2) is 0 Å². The molecule has 0 aliphatic heterocycles. The molecule has 112 valence electrons. The Morgan fingerprint density at radius 2 is 2.05 bits per heavy atom. The van der Waals surface area contributed by atoms with E-state index in [-0.39, 0.29) is 12.5 Å². The monoisotopic (exact) mass is 300 g/mol. The Kier molecular flexibility index (Phi) is 6.47. The number of carbonyl (C=O) groups excluding carboxylic acids is 2. The Morgan fingerprint density at radius 3 is 2.65 bits per heavy atom. The van der Waals surface area contributed by atoms with E-state index in [9.17, 15) is 9.59 Å². The van der Waals surface area contributed by atoms with Gasteiger partial charge in [0.25, 0.3) is 5.91 Å². The number of nitrogens with one attached hydrogen (secondary N) is 1. The Bertz CT molecular complexity index is 485. The summed E-state index contributed by atoms with van der Waals surface area (Å²) in [4.78, 5) is 24.2. The van der Waals surface area contributed by atoms with Crippen LogP contribution in [0.3, 0.4) is 0 Å². The van der Waals surface area contributed by atoms with Crippen molar-refractivity contribution < 1.29 is 19.1 Å². The second-order valence-corrected chi connectivity index (χ2v) is 5.23. The average molecular weight is 300 g/mol. The predicted octanol–water partition coefficient (Wildman–Crippen LogP) is 1.58. The van der Waals surface area contributed by atoms with Gasteiger partial charge in [0, 0.05) is 13.7 Å². The van der Waals surface area contributed by atoms with Gasteiger partial charge >= 0.3 is 5.97 Å². The first-order chi connectivity index (χ1) is 9.52. The van der Waals surface area contributed by atoms with Crippen LogP contribution in [-0.4, -0.2) is 38.7 Å². The molecule has 1 rings (SSSR count). The second kappa shape index (κ2) is 7.86. The Labute approximate surface area is 122 Å². The molecule has 1 aromatic heterocycles.